The molecule has 1 aliphatic carbocycles. The second-order valence-electron chi connectivity index (χ2n) is 7.84. The quantitative estimate of drug-likeness (QED) is 0.366. The molecule has 1 heterocycles. The topological polar surface area (TPSA) is 48.4 Å². The van der Waals surface area contributed by atoms with Gasteiger partial charge in [-0.1, -0.05) is 60.7 Å². The molecule has 4 heteroatoms. The molecule has 0 bridgehead atoms. The minimum atomic E-state index is -0.297. The molecule has 4 nitrogen and oxygen atoms in total. The van der Waals surface area contributed by atoms with Crippen molar-refractivity contribution in [2.45, 2.75) is 19.4 Å². The van der Waals surface area contributed by atoms with Crippen molar-refractivity contribution in [3.8, 4) is 5.75 Å². The predicted octanol–water partition coefficient (Wildman–Crippen LogP) is 6.09. The summed E-state index contributed by atoms with van der Waals surface area (Å²) < 4.78 is 11.0. The summed E-state index contributed by atoms with van der Waals surface area (Å²) >= 11 is 0. The molecule has 0 amide bonds. The summed E-state index contributed by atoms with van der Waals surface area (Å²) in [5.74, 6) is 0.529. The van der Waals surface area contributed by atoms with Gasteiger partial charge in [-0.2, -0.15) is 0 Å². The maximum atomic E-state index is 13.2. The molecule has 5 rings (SSSR count). The van der Waals surface area contributed by atoms with Crippen molar-refractivity contribution in [3.63, 3.8) is 0 Å². The van der Waals surface area contributed by atoms with Crippen LogP contribution in [0.1, 0.15) is 39.2 Å². The molecular formula is C28H23NO3. The number of esters is 1. The Bertz CT molecular complexity index is 1310. The number of carbonyl (C=O) groups excluding carboxylic acids is 1. The molecule has 0 spiro atoms. The lowest BCUT2D eigenvalue weighted by Gasteiger charge is -2.12. The zero-order valence-corrected chi connectivity index (χ0v) is 17.9. The number of aromatic nitrogens is 1. The summed E-state index contributed by atoms with van der Waals surface area (Å²) in [7, 11) is 1.66. The first-order valence-corrected chi connectivity index (χ1v) is 10.7. The number of hydrogen-bond donors (Lipinski definition) is 0. The second kappa shape index (κ2) is 8.67. The van der Waals surface area contributed by atoms with E-state index in [4.69, 9.17) is 14.5 Å². The molecule has 3 aromatic carbocycles. The fraction of sp³-hybridized carbons (Fsp3) is 0.143. The van der Waals surface area contributed by atoms with Crippen LogP contribution in [0.2, 0.25) is 0 Å². The third kappa shape index (κ3) is 3.87. The van der Waals surface area contributed by atoms with Crippen LogP contribution < -0.4 is 4.74 Å². The Morgan fingerprint density at radius 3 is 2.47 bits per heavy atom. The van der Waals surface area contributed by atoms with E-state index in [9.17, 15) is 4.79 Å². The van der Waals surface area contributed by atoms with Gasteiger partial charge >= 0.3 is 5.97 Å². The molecule has 0 radical (unpaired) electrons. The van der Waals surface area contributed by atoms with Crippen LogP contribution in [-0.2, 0) is 17.8 Å². The van der Waals surface area contributed by atoms with Gasteiger partial charge in [0.2, 0.25) is 0 Å². The average Bonchev–Trinajstić information content (AvgIpc) is 3.24. The van der Waals surface area contributed by atoms with Crippen molar-refractivity contribution >= 4 is 28.5 Å². The van der Waals surface area contributed by atoms with Crippen molar-refractivity contribution in [2.24, 2.45) is 0 Å². The van der Waals surface area contributed by atoms with Crippen LogP contribution in [0.5, 0.6) is 5.75 Å². The minimum absolute atomic E-state index is 0.250. The van der Waals surface area contributed by atoms with E-state index in [1.54, 1.807) is 7.11 Å². The van der Waals surface area contributed by atoms with Crippen LogP contribution >= 0.6 is 0 Å². The number of hydrogen-bond acceptors (Lipinski definition) is 4. The van der Waals surface area contributed by atoms with Crippen molar-refractivity contribution in [1.29, 1.82) is 0 Å². The first kappa shape index (κ1) is 20.0. The largest absolute Gasteiger partial charge is 0.497 e. The Balaban J connectivity index is 1.54. The number of fused-ring (bicyclic) bond motifs is 2. The Labute approximate surface area is 187 Å². The van der Waals surface area contributed by atoms with Crippen LogP contribution in [0, 0.1) is 0 Å². The van der Waals surface area contributed by atoms with Crippen molar-refractivity contribution < 1.29 is 14.3 Å². The lowest BCUT2D eigenvalue weighted by Crippen LogP contribution is -2.10. The van der Waals surface area contributed by atoms with Crippen LogP contribution in [0.15, 0.2) is 78.9 Å². The third-order valence-corrected chi connectivity index (χ3v) is 5.82. The van der Waals surface area contributed by atoms with Gasteiger partial charge in [-0.3, -0.25) is 0 Å². The smallest absolute Gasteiger partial charge is 0.339 e. The lowest BCUT2D eigenvalue weighted by atomic mass is 10.0. The van der Waals surface area contributed by atoms with E-state index >= 15 is 0 Å². The molecule has 0 aliphatic heterocycles. The number of para-hydroxylation sites is 1. The van der Waals surface area contributed by atoms with Crippen LogP contribution in [0.25, 0.3) is 22.6 Å². The maximum absolute atomic E-state index is 13.2. The first-order valence-electron chi connectivity index (χ1n) is 10.7. The molecule has 1 aliphatic rings. The molecule has 0 fully saturated rings. The summed E-state index contributed by atoms with van der Waals surface area (Å²) in [5, 5.41) is 0.843. The number of methoxy groups -OCH3 is 1. The molecule has 0 saturated heterocycles. The zero-order valence-electron chi connectivity index (χ0n) is 17.9. The highest BCUT2D eigenvalue weighted by Gasteiger charge is 2.27. The standard InChI is InChI=1S/C28H23NO3/c1-31-22-14-11-19(12-15-22)17-21-13-16-24-26(23-9-5-6-10-25(23)29-27(21)24)28(30)32-18-20-7-3-2-4-8-20/h2-12,14-15,17H,13,16,18H2,1H3/b21-17+. The Hall–Kier alpha value is -3.92. The lowest BCUT2D eigenvalue weighted by molar-refractivity contribution is 0.0474. The van der Waals surface area contributed by atoms with Gasteiger partial charge in [0.05, 0.1) is 23.9 Å². The van der Waals surface area contributed by atoms with E-state index in [0.717, 1.165) is 57.5 Å². The normalized spacial score (nSPS) is 13.8. The summed E-state index contributed by atoms with van der Waals surface area (Å²) in [6.45, 7) is 0.250. The van der Waals surface area contributed by atoms with Crippen LogP contribution in [-0.4, -0.2) is 18.1 Å². The van der Waals surface area contributed by atoms with E-state index in [1.165, 1.54) is 0 Å². The maximum Gasteiger partial charge on any atom is 0.339 e. The highest BCUT2D eigenvalue weighted by Crippen LogP contribution is 2.38. The van der Waals surface area contributed by atoms with Crippen molar-refractivity contribution in [1.82, 2.24) is 4.98 Å². The Kier molecular flexibility index (Phi) is 5.42. The molecule has 0 N–H and O–H groups in total. The number of allylic oxidation sites excluding steroid dienone is 1. The highest BCUT2D eigenvalue weighted by molar-refractivity contribution is 6.07. The highest BCUT2D eigenvalue weighted by atomic mass is 16.5. The Morgan fingerprint density at radius 2 is 1.69 bits per heavy atom. The van der Waals surface area contributed by atoms with Gasteiger partial charge in [0.1, 0.15) is 12.4 Å². The summed E-state index contributed by atoms with van der Waals surface area (Å²) in [6.07, 6.45) is 3.75. The SMILES string of the molecule is COc1ccc(/C=C2\CCc3c2nc2ccccc2c3C(=O)OCc2ccccc2)cc1. The van der Waals surface area contributed by atoms with Crippen molar-refractivity contribution in [2.75, 3.05) is 7.11 Å². The monoisotopic (exact) mass is 421 g/mol. The van der Waals surface area contributed by atoms with Crippen molar-refractivity contribution in [3.05, 3.63) is 107 Å². The fourth-order valence-corrected chi connectivity index (χ4v) is 4.21. The summed E-state index contributed by atoms with van der Waals surface area (Å²) in [4.78, 5) is 18.2. The average molecular weight is 421 g/mol. The molecule has 1 aromatic heterocycles. The first-order chi connectivity index (χ1) is 15.7. The minimum Gasteiger partial charge on any atom is -0.497 e. The van der Waals surface area contributed by atoms with E-state index in [1.807, 2.05) is 78.9 Å². The number of rotatable bonds is 5. The molecule has 0 atom stereocenters. The number of pyridine rings is 1. The van der Waals surface area contributed by atoms with Gasteiger partial charge in [-0.25, -0.2) is 9.78 Å². The van der Waals surface area contributed by atoms with Gasteiger partial charge in [0.15, 0.2) is 0 Å². The van der Waals surface area contributed by atoms with Gasteiger partial charge in [0.25, 0.3) is 0 Å². The third-order valence-electron chi connectivity index (χ3n) is 5.82. The predicted molar refractivity (Wildman–Crippen MR) is 126 cm³/mol. The molecule has 158 valence electrons. The van der Waals surface area contributed by atoms with E-state index in [2.05, 4.69) is 6.08 Å². The second-order valence-corrected chi connectivity index (χ2v) is 7.84. The molecule has 0 unspecified atom stereocenters. The molecule has 32 heavy (non-hydrogen) atoms. The Morgan fingerprint density at radius 1 is 0.938 bits per heavy atom. The zero-order chi connectivity index (χ0) is 21.9. The molecular weight excluding hydrogens is 398 g/mol. The van der Waals surface area contributed by atoms with Crippen LogP contribution in [0.4, 0.5) is 0 Å². The number of benzene rings is 3. The summed E-state index contributed by atoms with van der Waals surface area (Å²) in [6, 6.07) is 25.5. The molecule has 4 aromatic rings. The van der Waals surface area contributed by atoms with E-state index < -0.39 is 0 Å². The van der Waals surface area contributed by atoms with Crippen LogP contribution in [0.3, 0.4) is 0 Å². The molecule has 0 saturated carbocycles. The van der Waals surface area contributed by atoms with Gasteiger partial charge < -0.3 is 9.47 Å². The number of carbonyl (C=O) groups is 1. The number of nitrogens with zero attached hydrogens (tertiary/aromatic N) is 1. The van der Waals surface area contributed by atoms with Gasteiger partial charge in [0, 0.05) is 5.39 Å². The van der Waals surface area contributed by atoms with Gasteiger partial charge in [-0.05, 0) is 59.4 Å². The fourth-order valence-electron chi connectivity index (χ4n) is 4.21. The van der Waals surface area contributed by atoms with E-state index in [0.29, 0.717) is 5.56 Å². The summed E-state index contributed by atoms with van der Waals surface area (Å²) in [5.41, 5.74) is 6.49. The van der Waals surface area contributed by atoms with E-state index in [-0.39, 0.29) is 12.6 Å². The van der Waals surface area contributed by atoms with Gasteiger partial charge in [-0.15, -0.1) is 0 Å². The number of ether oxygens (including phenoxy) is 2.